The second-order valence-corrected chi connectivity index (χ2v) is 6.78. The van der Waals surface area contributed by atoms with Gasteiger partial charge in [-0.15, -0.1) is 0 Å². The molecule has 2 rings (SSSR count). The van der Waals surface area contributed by atoms with Crippen molar-refractivity contribution in [3.8, 4) is 0 Å². The normalized spacial score (nSPS) is 29.6. The Hall–Kier alpha value is -0.610. The van der Waals surface area contributed by atoms with Crippen LogP contribution in [-0.2, 0) is 4.79 Å². The van der Waals surface area contributed by atoms with E-state index in [4.69, 9.17) is 0 Å². The first-order chi connectivity index (χ1) is 9.54. The number of likely N-dealkylation sites (tertiary alicyclic amines) is 1. The van der Waals surface area contributed by atoms with Gasteiger partial charge in [0, 0.05) is 12.6 Å². The van der Waals surface area contributed by atoms with E-state index in [0.29, 0.717) is 17.9 Å². The molecule has 4 nitrogen and oxygen atoms in total. The highest BCUT2D eigenvalue weighted by Crippen LogP contribution is 2.22. The Bertz CT molecular complexity index is 326. The van der Waals surface area contributed by atoms with Gasteiger partial charge < -0.3 is 4.90 Å². The van der Waals surface area contributed by atoms with E-state index < -0.39 is 0 Å². The first kappa shape index (κ1) is 15.8. The molecule has 3 unspecified atom stereocenters. The van der Waals surface area contributed by atoms with Gasteiger partial charge >= 0.3 is 0 Å². The summed E-state index contributed by atoms with van der Waals surface area (Å²) in [5.74, 6) is 0.679. The molecule has 0 aromatic rings. The van der Waals surface area contributed by atoms with E-state index in [2.05, 4.69) is 42.8 Å². The number of carbonyl (C=O) groups excluding carboxylic acids is 1. The second-order valence-electron chi connectivity index (χ2n) is 6.78. The molecular formula is C16H31N3O. The molecule has 1 N–H and O–H groups in total. The Kier molecular flexibility index (Phi) is 5.44. The fourth-order valence-electron chi connectivity index (χ4n) is 3.49. The van der Waals surface area contributed by atoms with Crippen molar-refractivity contribution in [3.05, 3.63) is 0 Å². The van der Waals surface area contributed by atoms with Crippen molar-refractivity contribution in [1.82, 2.24) is 15.1 Å². The molecule has 1 amide bonds. The van der Waals surface area contributed by atoms with Crippen LogP contribution in [0.2, 0.25) is 0 Å². The molecule has 2 aliphatic heterocycles. The predicted molar refractivity (Wildman–Crippen MR) is 82.4 cm³/mol. The third kappa shape index (κ3) is 3.34. The van der Waals surface area contributed by atoms with Crippen molar-refractivity contribution in [2.45, 2.75) is 71.6 Å². The molecule has 2 fully saturated rings. The standard InChI is InChI=1S/C16H31N3O/c1-5-8-14-17-15(12(2)3)16(20)19(14)11-13(4)18-9-6-7-10-18/h12-15,17H,5-11H2,1-4H3. The molecule has 0 spiro atoms. The van der Waals surface area contributed by atoms with Crippen molar-refractivity contribution < 1.29 is 4.79 Å². The third-order valence-electron chi connectivity index (χ3n) is 4.75. The molecule has 0 bridgehead atoms. The molecule has 0 aromatic heterocycles. The molecule has 0 aliphatic carbocycles. The molecule has 0 aromatic carbocycles. The van der Waals surface area contributed by atoms with Crippen LogP contribution in [-0.4, -0.2) is 53.6 Å². The lowest BCUT2D eigenvalue weighted by molar-refractivity contribution is -0.131. The smallest absolute Gasteiger partial charge is 0.241 e. The summed E-state index contributed by atoms with van der Waals surface area (Å²) in [5.41, 5.74) is 0. The van der Waals surface area contributed by atoms with Crippen LogP contribution in [0, 0.1) is 5.92 Å². The summed E-state index contributed by atoms with van der Waals surface area (Å²) in [5, 5.41) is 3.54. The second kappa shape index (κ2) is 6.90. The maximum absolute atomic E-state index is 12.6. The van der Waals surface area contributed by atoms with Gasteiger partial charge in [-0.2, -0.15) is 0 Å². The van der Waals surface area contributed by atoms with Crippen LogP contribution in [0.1, 0.15) is 53.4 Å². The lowest BCUT2D eigenvalue weighted by Gasteiger charge is -2.31. The third-order valence-corrected chi connectivity index (χ3v) is 4.75. The summed E-state index contributed by atoms with van der Waals surface area (Å²) >= 11 is 0. The van der Waals surface area contributed by atoms with E-state index >= 15 is 0 Å². The van der Waals surface area contributed by atoms with Crippen LogP contribution in [0.5, 0.6) is 0 Å². The number of hydrogen-bond donors (Lipinski definition) is 1. The van der Waals surface area contributed by atoms with Crippen LogP contribution in [0.25, 0.3) is 0 Å². The lowest BCUT2D eigenvalue weighted by Crippen LogP contribution is -2.46. The van der Waals surface area contributed by atoms with E-state index in [1.807, 2.05) is 0 Å². The van der Waals surface area contributed by atoms with Crippen molar-refractivity contribution in [3.63, 3.8) is 0 Å². The number of nitrogens with zero attached hydrogens (tertiary/aromatic N) is 2. The van der Waals surface area contributed by atoms with Crippen LogP contribution in [0.15, 0.2) is 0 Å². The molecule has 0 saturated carbocycles. The average Bonchev–Trinajstić information content (AvgIpc) is 3.01. The number of rotatable bonds is 6. The fourth-order valence-corrected chi connectivity index (χ4v) is 3.49. The molecule has 4 heteroatoms. The fraction of sp³-hybridized carbons (Fsp3) is 0.938. The van der Waals surface area contributed by atoms with Crippen LogP contribution in [0.3, 0.4) is 0 Å². The monoisotopic (exact) mass is 281 g/mol. The Morgan fingerprint density at radius 1 is 1.25 bits per heavy atom. The summed E-state index contributed by atoms with van der Waals surface area (Å²) in [7, 11) is 0. The van der Waals surface area contributed by atoms with Gasteiger partial charge in [0.1, 0.15) is 0 Å². The van der Waals surface area contributed by atoms with Gasteiger partial charge in [-0.05, 0) is 45.2 Å². The summed E-state index contributed by atoms with van der Waals surface area (Å²) in [6, 6.07) is 0.492. The molecular weight excluding hydrogens is 250 g/mol. The Balaban J connectivity index is 2.00. The highest BCUT2D eigenvalue weighted by atomic mass is 16.2. The summed E-state index contributed by atoms with van der Waals surface area (Å²) in [6.07, 6.45) is 5.03. The summed E-state index contributed by atoms with van der Waals surface area (Å²) in [4.78, 5) is 17.3. The van der Waals surface area contributed by atoms with Crippen molar-refractivity contribution in [1.29, 1.82) is 0 Å². The zero-order valence-corrected chi connectivity index (χ0v) is 13.6. The van der Waals surface area contributed by atoms with E-state index in [1.165, 1.54) is 25.9 Å². The molecule has 0 radical (unpaired) electrons. The van der Waals surface area contributed by atoms with Gasteiger partial charge in [0.2, 0.25) is 5.91 Å². The Morgan fingerprint density at radius 3 is 2.45 bits per heavy atom. The predicted octanol–water partition coefficient (Wildman–Crippen LogP) is 2.05. The van der Waals surface area contributed by atoms with Gasteiger partial charge in [-0.1, -0.05) is 27.2 Å². The Labute approximate surface area is 123 Å². The van der Waals surface area contributed by atoms with Gasteiger partial charge in [0.15, 0.2) is 0 Å². The summed E-state index contributed by atoms with van der Waals surface area (Å²) in [6.45, 7) is 12.0. The van der Waals surface area contributed by atoms with Crippen molar-refractivity contribution in [2.75, 3.05) is 19.6 Å². The zero-order chi connectivity index (χ0) is 14.7. The van der Waals surface area contributed by atoms with Crippen molar-refractivity contribution >= 4 is 5.91 Å². The SMILES string of the molecule is CCCC1NC(C(C)C)C(=O)N1CC(C)N1CCCC1. The zero-order valence-electron chi connectivity index (χ0n) is 13.6. The van der Waals surface area contributed by atoms with Gasteiger partial charge in [0.25, 0.3) is 0 Å². The number of carbonyl (C=O) groups is 1. The van der Waals surface area contributed by atoms with Crippen LogP contribution >= 0.6 is 0 Å². The first-order valence-electron chi connectivity index (χ1n) is 8.35. The average molecular weight is 281 g/mol. The maximum atomic E-state index is 12.6. The first-order valence-corrected chi connectivity index (χ1v) is 8.35. The quantitative estimate of drug-likeness (QED) is 0.809. The molecule has 2 aliphatic rings. The summed E-state index contributed by atoms with van der Waals surface area (Å²) < 4.78 is 0. The van der Waals surface area contributed by atoms with Crippen LogP contribution in [0.4, 0.5) is 0 Å². The largest absolute Gasteiger partial charge is 0.324 e. The number of hydrogen-bond acceptors (Lipinski definition) is 3. The van der Waals surface area contributed by atoms with E-state index in [9.17, 15) is 4.79 Å². The lowest BCUT2D eigenvalue weighted by atomic mass is 10.0. The number of nitrogens with one attached hydrogen (secondary N) is 1. The topological polar surface area (TPSA) is 35.6 Å². The molecule has 2 heterocycles. The van der Waals surface area contributed by atoms with E-state index in [1.54, 1.807) is 0 Å². The van der Waals surface area contributed by atoms with Crippen LogP contribution < -0.4 is 5.32 Å². The minimum absolute atomic E-state index is 0.0114. The number of amides is 1. The molecule has 116 valence electrons. The van der Waals surface area contributed by atoms with Gasteiger partial charge in [-0.25, -0.2) is 0 Å². The van der Waals surface area contributed by atoms with E-state index in [0.717, 1.165) is 19.4 Å². The molecule has 3 atom stereocenters. The van der Waals surface area contributed by atoms with E-state index in [-0.39, 0.29) is 12.2 Å². The highest BCUT2D eigenvalue weighted by Gasteiger charge is 2.40. The Morgan fingerprint density at radius 2 is 1.90 bits per heavy atom. The molecule has 2 saturated heterocycles. The van der Waals surface area contributed by atoms with Crippen molar-refractivity contribution in [2.24, 2.45) is 5.92 Å². The minimum atomic E-state index is 0.0114. The molecule has 20 heavy (non-hydrogen) atoms. The van der Waals surface area contributed by atoms with Gasteiger partial charge in [0.05, 0.1) is 12.2 Å². The maximum Gasteiger partial charge on any atom is 0.241 e. The highest BCUT2D eigenvalue weighted by molar-refractivity contribution is 5.84. The minimum Gasteiger partial charge on any atom is -0.324 e. The van der Waals surface area contributed by atoms with Gasteiger partial charge in [-0.3, -0.25) is 15.0 Å².